The number of fused-ring (bicyclic) bond motifs is 1. The number of para-hydroxylation sites is 1. The van der Waals surface area contributed by atoms with Crippen LogP contribution in [0.2, 0.25) is 0 Å². The Morgan fingerprint density at radius 1 is 1.08 bits per heavy atom. The molecular weight excluding hydrogens is 312 g/mol. The fraction of sp³-hybridized carbons (Fsp3) is 0.300. The Bertz CT molecular complexity index is 742. The number of rotatable bonds is 4. The van der Waals surface area contributed by atoms with Gasteiger partial charge in [-0.05, 0) is 30.0 Å². The molecule has 0 unspecified atom stereocenters. The second kappa shape index (κ2) is 8.33. The molecule has 0 atom stereocenters. The first-order chi connectivity index (χ1) is 12.3. The molecule has 0 bridgehead atoms. The van der Waals surface area contributed by atoms with Gasteiger partial charge in [0.05, 0.1) is 6.54 Å². The minimum Gasteiger partial charge on any atom is -0.352 e. The van der Waals surface area contributed by atoms with Crippen LogP contribution in [0, 0.1) is 0 Å². The molecule has 1 aliphatic heterocycles. The second-order valence-corrected chi connectivity index (χ2v) is 6.04. The van der Waals surface area contributed by atoms with E-state index in [0.29, 0.717) is 12.5 Å². The number of hydrogen-bond donors (Lipinski definition) is 2. The van der Waals surface area contributed by atoms with Gasteiger partial charge in [-0.25, -0.2) is 0 Å². The Morgan fingerprint density at radius 3 is 2.64 bits per heavy atom. The molecule has 0 saturated heterocycles. The van der Waals surface area contributed by atoms with Crippen molar-refractivity contribution in [3.8, 4) is 0 Å². The van der Waals surface area contributed by atoms with Gasteiger partial charge in [0.25, 0.3) is 0 Å². The normalized spacial score (nSPS) is 14.0. The van der Waals surface area contributed by atoms with Gasteiger partial charge in [0.15, 0.2) is 5.96 Å². The first-order valence-electron chi connectivity index (χ1n) is 8.64. The van der Waals surface area contributed by atoms with E-state index in [9.17, 15) is 4.79 Å². The highest BCUT2D eigenvalue weighted by Crippen LogP contribution is 2.26. The Hall–Kier alpha value is -2.82. The van der Waals surface area contributed by atoms with Gasteiger partial charge in [0, 0.05) is 25.8 Å². The van der Waals surface area contributed by atoms with Gasteiger partial charge in [-0.15, -0.1) is 0 Å². The lowest BCUT2D eigenvalue weighted by atomic mass is 10.0. The van der Waals surface area contributed by atoms with E-state index < -0.39 is 0 Å². The van der Waals surface area contributed by atoms with Gasteiger partial charge in [0.2, 0.25) is 5.91 Å². The average molecular weight is 336 g/mol. The molecule has 0 spiro atoms. The van der Waals surface area contributed by atoms with Crippen molar-refractivity contribution >= 4 is 17.6 Å². The van der Waals surface area contributed by atoms with Crippen LogP contribution in [-0.2, 0) is 17.8 Å². The molecule has 0 aliphatic carbocycles. The third-order valence-corrected chi connectivity index (χ3v) is 4.34. The first-order valence-corrected chi connectivity index (χ1v) is 8.64. The molecular formula is C20H24N4O. The highest BCUT2D eigenvalue weighted by molar-refractivity contribution is 5.98. The molecule has 3 rings (SSSR count). The lowest BCUT2D eigenvalue weighted by Crippen LogP contribution is -2.45. The van der Waals surface area contributed by atoms with Crippen molar-refractivity contribution < 1.29 is 4.79 Å². The minimum atomic E-state index is 0.0646. The van der Waals surface area contributed by atoms with Crippen LogP contribution in [0.15, 0.2) is 59.6 Å². The summed E-state index contributed by atoms with van der Waals surface area (Å²) in [6.07, 6.45) is 2.04. The van der Waals surface area contributed by atoms with Crippen LogP contribution in [-0.4, -0.2) is 32.0 Å². The molecule has 0 saturated carbocycles. The van der Waals surface area contributed by atoms with E-state index in [1.165, 1.54) is 11.1 Å². The van der Waals surface area contributed by atoms with Gasteiger partial charge >= 0.3 is 0 Å². The van der Waals surface area contributed by atoms with E-state index in [2.05, 4.69) is 33.8 Å². The third-order valence-electron chi connectivity index (χ3n) is 4.34. The van der Waals surface area contributed by atoms with Crippen LogP contribution >= 0.6 is 0 Å². The standard InChI is InChI=1S/C20H24N4O/c1-21-20(22-14-16-8-3-2-4-9-16)23-15-19(25)24-13-7-11-17-10-5-6-12-18(17)24/h2-6,8-10,12H,7,11,13-15H2,1H3,(H2,21,22,23). The molecule has 0 fully saturated rings. The maximum absolute atomic E-state index is 12.6. The number of carbonyl (C=O) groups excluding carboxylic acids is 1. The third kappa shape index (κ3) is 4.38. The number of nitrogens with one attached hydrogen (secondary N) is 2. The Balaban J connectivity index is 1.55. The maximum Gasteiger partial charge on any atom is 0.246 e. The van der Waals surface area contributed by atoms with Gasteiger partial charge in [0.1, 0.15) is 0 Å². The Kier molecular flexibility index (Phi) is 5.67. The van der Waals surface area contributed by atoms with E-state index in [-0.39, 0.29) is 12.5 Å². The summed E-state index contributed by atoms with van der Waals surface area (Å²) in [4.78, 5) is 18.7. The number of anilines is 1. The number of hydrogen-bond acceptors (Lipinski definition) is 2. The highest BCUT2D eigenvalue weighted by atomic mass is 16.2. The highest BCUT2D eigenvalue weighted by Gasteiger charge is 2.21. The van der Waals surface area contributed by atoms with Crippen molar-refractivity contribution in [1.29, 1.82) is 0 Å². The van der Waals surface area contributed by atoms with Crippen molar-refractivity contribution in [2.75, 3.05) is 25.0 Å². The summed E-state index contributed by atoms with van der Waals surface area (Å²) in [5.74, 6) is 0.692. The van der Waals surface area contributed by atoms with Crippen LogP contribution in [0.3, 0.4) is 0 Å². The van der Waals surface area contributed by atoms with E-state index >= 15 is 0 Å². The van der Waals surface area contributed by atoms with E-state index in [1.807, 2.05) is 41.3 Å². The quantitative estimate of drug-likeness (QED) is 0.665. The van der Waals surface area contributed by atoms with Crippen LogP contribution in [0.4, 0.5) is 5.69 Å². The number of nitrogens with zero attached hydrogens (tertiary/aromatic N) is 2. The van der Waals surface area contributed by atoms with Crippen LogP contribution in [0.1, 0.15) is 17.5 Å². The molecule has 1 aliphatic rings. The SMILES string of the molecule is CN=C(NCC(=O)N1CCCc2ccccc21)NCc1ccccc1. The topological polar surface area (TPSA) is 56.7 Å². The molecule has 2 aromatic carbocycles. The summed E-state index contributed by atoms with van der Waals surface area (Å²) in [5.41, 5.74) is 3.45. The van der Waals surface area contributed by atoms with Crippen LogP contribution in [0.25, 0.3) is 0 Å². The molecule has 1 amide bonds. The predicted molar refractivity (Wildman–Crippen MR) is 102 cm³/mol. The molecule has 0 radical (unpaired) electrons. The summed E-state index contributed by atoms with van der Waals surface area (Å²) in [6.45, 7) is 1.66. The Morgan fingerprint density at radius 2 is 1.84 bits per heavy atom. The zero-order valence-electron chi connectivity index (χ0n) is 14.5. The second-order valence-electron chi connectivity index (χ2n) is 6.04. The predicted octanol–water partition coefficient (Wildman–Crippen LogP) is 2.33. The zero-order valence-corrected chi connectivity index (χ0v) is 14.5. The fourth-order valence-corrected chi connectivity index (χ4v) is 3.05. The van der Waals surface area contributed by atoms with Crippen molar-refractivity contribution in [3.63, 3.8) is 0 Å². The molecule has 5 heteroatoms. The molecule has 2 aromatic rings. The van der Waals surface area contributed by atoms with E-state index in [4.69, 9.17) is 0 Å². The average Bonchev–Trinajstić information content (AvgIpc) is 2.68. The van der Waals surface area contributed by atoms with Gasteiger partial charge in [-0.1, -0.05) is 48.5 Å². The van der Waals surface area contributed by atoms with Crippen molar-refractivity contribution in [3.05, 3.63) is 65.7 Å². The maximum atomic E-state index is 12.6. The van der Waals surface area contributed by atoms with E-state index in [0.717, 1.165) is 25.1 Å². The molecule has 5 nitrogen and oxygen atoms in total. The summed E-state index contributed by atoms with van der Waals surface area (Å²) in [7, 11) is 1.71. The number of aryl methyl sites for hydroxylation is 1. The Labute approximate surface area is 148 Å². The van der Waals surface area contributed by atoms with Crippen molar-refractivity contribution in [2.24, 2.45) is 4.99 Å². The number of benzene rings is 2. The zero-order chi connectivity index (χ0) is 17.5. The van der Waals surface area contributed by atoms with Crippen LogP contribution in [0.5, 0.6) is 0 Å². The first kappa shape index (κ1) is 17.0. The molecule has 25 heavy (non-hydrogen) atoms. The van der Waals surface area contributed by atoms with Crippen molar-refractivity contribution in [1.82, 2.24) is 10.6 Å². The monoisotopic (exact) mass is 336 g/mol. The summed E-state index contributed by atoms with van der Waals surface area (Å²) >= 11 is 0. The number of carbonyl (C=O) groups is 1. The van der Waals surface area contributed by atoms with Gasteiger partial charge in [-0.3, -0.25) is 9.79 Å². The summed E-state index contributed by atoms with van der Waals surface area (Å²) in [6, 6.07) is 18.2. The molecule has 1 heterocycles. The van der Waals surface area contributed by atoms with Gasteiger partial charge < -0.3 is 15.5 Å². The number of aliphatic imine (C=N–C) groups is 1. The number of guanidine groups is 1. The smallest absolute Gasteiger partial charge is 0.246 e. The molecule has 130 valence electrons. The minimum absolute atomic E-state index is 0.0646. The van der Waals surface area contributed by atoms with Gasteiger partial charge in [-0.2, -0.15) is 0 Å². The van der Waals surface area contributed by atoms with Crippen molar-refractivity contribution in [2.45, 2.75) is 19.4 Å². The number of amides is 1. The molecule has 0 aromatic heterocycles. The lowest BCUT2D eigenvalue weighted by molar-refractivity contribution is -0.117. The fourth-order valence-electron chi connectivity index (χ4n) is 3.05. The van der Waals surface area contributed by atoms with E-state index in [1.54, 1.807) is 7.05 Å². The van der Waals surface area contributed by atoms with Crippen LogP contribution < -0.4 is 15.5 Å². The summed E-state index contributed by atoms with van der Waals surface area (Å²) in [5, 5.41) is 6.35. The lowest BCUT2D eigenvalue weighted by Gasteiger charge is -2.29. The largest absolute Gasteiger partial charge is 0.352 e. The molecule has 2 N–H and O–H groups in total. The summed E-state index contributed by atoms with van der Waals surface area (Å²) < 4.78 is 0.